The van der Waals surface area contributed by atoms with Crippen molar-refractivity contribution in [1.29, 1.82) is 0 Å². The average molecular weight is 343 g/mol. The van der Waals surface area contributed by atoms with E-state index in [2.05, 4.69) is 49.4 Å². The van der Waals surface area contributed by atoms with Crippen LogP contribution in [0.1, 0.15) is 36.1 Å². The van der Waals surface area contributed by atoms with Gasteiger partial charge in [-0.1, -0.05) is 24.6 Å². The van der Waals surface area contributed by atoms with E-state index in [1.807, 2.05) is 17.4 Å². The van der Waals surface area contributed by atoms with Gasteiger partial charge in [-0.05, 0) is 50.4 Å². The molecule has 0 saturated carbocycles. The number of hydrogen-bond donors (Lipinski definition) is 1. The molecule has 3 atom stereocenters. The molecule has 0 aliphatic rings. The van der Waals surface area contributed by atoms with Gasteiger partial charge in [0.15, 0.2) is 0 Å². The fourth-order valence-electron chi connectivity index (χ4n) is 2.56. The lowest BCUT2D eigenvalue weighted by Gasteiger charge is -2.36. The first-order valence-corrected chi connectivity index (χ1v) is 9.35. The fraction of sp³-hybridized carbons (Fsp3) is 0.500. The van der Waals surface area contributed by atoms with Gasteiger partial charge in [-0.25, -0.2) is 0 Å². The summed E-state index contributed by atoms with van der Waals surface area (Å²) in [6, 6.07) is 9.17. The van der Waals surface area contributed by atoms with E-state index in [1.165, 1.54) is 9.75 Å². The van der Waals surface area contributed by atoms with Crippen LogP contribution in [0.3, 0.4) is 0 Å². The van der Waals surface area contributed by atoms with Crippen LogP contribution in [-0.2, 0) is 6.42 Å². The summed E-state index contributed by atoms with van der Waals surface area (Å²) in [7, 11) is 2.17. The van der Waals surface area contributed by atoms with Gasteiger partial charge in [0, 0.05) is 21.8 Å². The third-order valence-electron chi connectivity index (χ3n) is 3.97. The van der Waals surface area contributed by atoms with Crippen molar-refractivity contribution in [3.05, 3.63) is 43.7 Å². The highest BCUT2D eigenvalue weighted by molar-refractivity contribution is 7.16. The van der Waals surface area contributed by atoms with Crippen molar-refractivity contribution in [3.63, 3.8) is 0 Å². The van der Waals surface area contributed by atoms with Crippen LogP contribution < -0.4 is 5.73 Å². The van der Waals surface area contributed by atoms with Crippen molar-refractivity contribution in [2.45, 2.75) is 44.8 Å². The van der Waals surface area contributed by atoms with Gasteiger partial charge >= 0.3 is 0 Å². The Morgan fingerprint density at radius 3 is 2.62 bits per heavy atom. The van der Waals surface area contributed by atoms with Gasteiger partial charge in [0.05, 0.1) is 10.4 Å². The number of halogens is 1. The van der Waals surface area contributed by atoms with E-state index in [-0.39, 0.29) is 12.1 Å². The molecule has 0 aliphatic heterocycles. The summed E-state index contributed by atoms with van der Waals surface area (Å²) in [6.07, 6.45) is 2.01. The van der Waals surface area contributed by atoms with Crippen LogP contribution in [0.2, 0.25) is 4.34 Å². The van der Waals surface area contributed by atoms with Crippen molar-refractivity contribution in [3.8, 4) is 0 Å². The van der Waals surface area contributed by atoms with Gasteiger partial charge < -0.3 is 5.73 Å². The molecule has 0 aromatic carbocycles. The zero-order chi connectivity index (χ0) is 15.4. The highest BCUT2D eigenvalue weighted by Crippen LogP contribution is 2.34. The number of rotatable bonds is 7. The molecule has 2 N–H and O–H groups in total. The highest BCUT2D eigenvalue weighted by Gasteiger charge is 2.27. The van der Waals surface area contributed by atoms with Crippen LogP contribution in [0.15, 0.2) is 29.6 Å². The Morgan fingerprint density at radius 1 is 1.33 bits per heavy atom. The van der Waals surface area contributed by atoms with Crippen molar-refractivity contribution in [2.24, 2.45) is 5.73 Å². The molecule has 5 heteroatoms. The standard InChI is InChI=1S/C16H23ClN2S2/c1-4-13(18)16(14-7-8-15(17)21-14)19(3)11(2)10-12-6-5-9-20-12/h5-9,11,13,16H,4,10,18H2,1-3H3. The maximum Gasteiger partial charge on any atom is 0.0931 e. The van der Waals surface area contributed by atoms with Crippen LogP contribution in [0, 0.1) is 0 Å². The first-order chi connectivity index (χ1) is 10.0. The van der Waals surface area contributed by atoms with Gasteiger partial charge in [0.1, 0.15) is 0 Å². The monoisotopic (exact) mass is 342 g/mol. The third kappa shape index (κ3) is 4.30. The Labute approximate surface area is 140 Å². The zero-order valence-corrected chi connectivity index (χ0v) is 15.1. The van der Waals surface area contributed by atoms with Gasteiger partial charge in [-0.15, -0.1) is 22.7 Å². The van der Waals surface area contributed by atoms with E-state index in [4.69, 9.17) is 17.3 Å². The molecule has 0 radical (unpaired) electrons. The molecule has 2 aromatic rings. The van der Waals surface area contributed by atoms with E-state index in [0.717, 1.165) is 17.2 Å². The molecular weight excluding hydrogens is 320 g/mol. The summed E-state index contributed by atoms with van der Waals surface area (Å²) >= 11 is 9.57. The summed E-state index contributed by atoms with van der Waals surface area (Å²) in [4.78, 5) is 5.08. The van der Waals surface area contributed by atoms with Gasteiger partial charge in [-0.2, -0.15) is 0 Å². The Balaban J connectivity index is 2.15. The molecule has 0 aliphatic carbocycles. The minimum atomic E-state index is 0.121. The van der Waals surface area contributed by atoms with Gasteiger partial charge in [0.25, 0.3) is 0 Å². The quantitative estimate of drug-likeness (QED) is 0.782. The normalized spacial score (nSPS) is 16.1. The van der Waals surface area contributed by atoms with E-state index in [9.17, 15) is 0 Å². The molecule has 116 valence electrons. The summed E-state index contributed by atoms with van der Waals surface area (Å²) in [5.74, 6) is 0. The molecule has 0 amide bonds. The minimum Gasteiger partial charge on any atom is -0.326 e. The summed E-state index contributed by atoms with van der Waals surface area (Å²) in [5, 5.41) is 2.14. The zero-order valence-electron chi connectivity index (χ0n) is 12.8. The SMILES string of the molecule is CCC(N)C(c1ccc(Cl)s1)N(C)C(C)Cc1cccs1. The summed E-state index contributed by atoms with van der Waals surface area (Å²) in [6.45, 7) is 4.41. The predicted octanol–water partition coefficient (Wildman–Crippen LogP) is 4.80. The smallest absolute Gasteiger partial charge is 0.0931 e. The highest BCUT2D eigenvalue weighted by atomic mass is 35.5. The topological polar surface area (TPSA) is 29.3 Å². The molecule has 2 heterocycles. The van der Waals surface area contributed by atoms with Crippen LogP contribution in [-0.4, -0.2) is 24.0 Å². The first kappa shape index (κ1) is 17.0. The third-order valence-corrected chi connectivity index (χ3v) is 6.17. The van der Waals surface area contributed by atoms with Crippen LogP contribution in [0.25, 0.3) is 0 Å². The minimum absolute atomic E-state index is 0.121. The molecule has 21 heavy (non-hydrogen) atoms. The van der Waals surface area contributed by atoms with Gasteiger partial charge in [-0.3, -0.25) is 4.90 Å². The van der Waals surface area contributed by atoms with E-state index >= 15 is 0 Å². The largest absolute Gasteiger partial charge is 0.326 e. The second-order valence-electron chi connectivity index (χ2n) is 5.46. The molecule has 0 spiro atoms. The fourth-order valence-corrected chi connectivity index (χ4v) is 4.68. The van der Waals surface area contributed by atoms with Crippen molar-refractivity contribution in [2.75, 3.05) is 7.05 Å². The first-order valence-electron chi connectivity index (χ1n) is 7.28. The van der Waals surface area contributed by atoms with E-state index in [0.29, 0.717) is 6.04 Å². The van der Waals surface area contributed by atoms with E-state index in [1.54, 1.807) is 11.3 Å². The molecule has 0 fully saturated rings. The molecule has 2 rings (SSSR count). The lowest BCUT2D eigenvalue weighted by molar-refractivity contribution is 0.160. The van der Waals surface area contributed by atoms with Crippen LogP contribution in [0.4, 0.5) is 0 Å². The second kappa shape index (κ2) is 7.75. The molecule has 0 saturated heterocycles. The Morgan fingerprint density at radius 2 is 2.10 bits per heavy atom. The lowest BCUT2D eigenvalue weighted by Crippen LogP contribution is -2.43. The molecule has 3 unspecified atom stereocenters. The predicted molar refractivity (Wildman–Crippen MR) is 95.6 cm³/mol. The molecular formula is C16H23ClN2S2. The average Bonchev–Trinajstić information content (AvgIpc) is 3.10. The van der Waals surface area contributed by atoms with Crippen molar-refractivity contribution in [1.82, 2.24) is 4.90 Å². The summed E-state index contributed by atoms with van der Waals surface area (Å²) in [5.41, 5.74) is 6.40. The number of nitrogens with zero attached hydrogens (tertiary/aromatic N) is 1. The molecule has 0 bridgehead atoms. The Hall–Kier alpha value is -0.390. The molecule has 2 nitrogen and oxygen atoms in total. The number of hydrogen-bond acceptors (Lipinski definition) is 4. The van der Waals surface area contributed by atoms with Crippen LogP contribution >= 0.6 is 34.3 Å². The maximum absolute atomic E-state index is 6.40. The van der Waals surface area contributed by atoms with Crippen molar-refractivity contribution < 1.29 is 0 Å². The Bertz CT molecular complexity index is 538. The molecule has 2 aromatic heterocycles. The lowest BCUT2D eigenvalue weighted by atomic mass is 10.0. The number of likely N-dealkylation sites (N-methyl/N-ethyl adjacent to an activating group) is 1. The number of thiophene rings is 2. The summed E-state index contributed by atoms with van der Waals surface area (Å²) < 4.78 is 0.831. The maximum atomic E-state index is 6.40. The van der Waals surface area contributed by atoms with Crippen LogP contribution in [0.5, 0.6) is 0 Å². The Kier molecular flexibility index (Phi) is 6.26. The second-order valence-corrected chi connectivity index (χ2v) is 8.24. The van der Waals surface area contributed by atoms with Crippen molar-refractivity contribution >= 4 is 34.3 Å². The van der Waals surface area contributed by atoms with Gasteiger partial charge in [0.2, 0.25) is 0 Å². The number of nitrogens with two attached hydrogens (primary N) is 1. The van der Waals surface area contributed by atoms with E-state index < -0.39 is 0 Å².